The minimum atomic E-state index is 0.290. The van der Waals surface area contributed by atoms with Crippen molar-refractivity contribution in [3.8, 4) is 0 Å². The fourth-order valence-electron chi connectivity index (χ4n) is 1.03. The molecule has 10 heavy (non-hydrogen) atoms. The molecule has 0 aromatic carbocycles. The minimum Gasteiger partial charge on any atom is -0.396 e. The number of aliphatic hydroxyl groups is 1. The van der Waals surface area contributed by atoms with Crippen molar-refractivity contribution in [1.29, 1.82) is 0 Å². The molecular weight excluding hydrogens is 126 g/mol. The Kier molecular flexibility index (Phi) is 5.64. The molecule has 0 rings (SSSR count). The summed E-state index contributed by atoms with van der Waals surface area (Å²) in [6.07, 6.45) is 1.97. The Labute approximate surface area is 63.6 Å². The second-order valence-corrected chi connectivity index (χ2v) is 2.94. The first-order chi connectivity index (χ1) is 4.70. The van der Waals surface area contributed by atoms with Crippen LogP contribution in [0.3, 0.4) is 0 Å². The molecule has 2 N–H and O–H groups in total. The van der Waals surface area contributed by atoms with Crippen LogP contribution in [0.2, 0.25) is 0 Å². The second-order valence-electron chi connectivity index (χ2n) is 2.94. The normalized spacial score (nSPS) is 14.1. The average Bonchev–Trinajstić information content (AvgIpc) is 1.86. The van der Waals surface area contributed by atoms with Gasteiger partial charge in [0, 0.05) is 18.7 Å². The van der Waals surface area contributed by atoms with Gasteiger partial charge in [-0.3, -0.25) is 0 Å². The summed E-state index contributed by atoms with van der Waals surface area (Å²) in [5.74, 6) is 0. The van der Waals surface area contributed by atoms with Crippen molar-refractivity contribution >= 4 is 0 Å². The van der Waals surface area contributed by atoms with Crippen LogP contribution >= 0.6 is 0 Å². The van der Waals surface area contributed by atoms with Gasteiger partial charge < -0.3 is 10.4 Å². The maximum Gasteiger partial charge on any atom is 0.0445 e. The van der Waals surface area contributed by atoms with Crippen molar-refractivity contribution in [1.82, 2.24) is 5.32 Å². The monoisotopic (exact) mass is 145 g/mol. The number of hydrogen-bond donors (Lipinski definition) is 2. The Morgan fingerprint density at radius 2 is 2.00 bits per heavy atom. The van der Waals surface area contributed by atoms with Crippen LogP contribution < -0.4 is 5.32 Å². The van der Waals surface area contributed by atoms with Gasteiger partial charge in [0.05, 0.1) is 0 Å². The lowest BCUT2D eigenvalue weighted by Crippen LogP contribution is -2.34. The number of aliphatic hydroxyl groups excluding tert-OH is 1. The van der Waals surface area contributed by atoms with E-state index in [2.05, 4.69) is 26.1 Å². The highest BCUT2D eigenvalue weighted by molar-refractivity contribution is 4.66. The maximum absolute atomic E-state index is 8.64. The third-order valence-electron chi connectivity index (χ3n) is 1.54. The second kappa shape index (κ2) is 5.69. The molecule has 0 aliphatic rings. The highest BCUT2D eigenvalue weighted by Crippen LogP contribution is 1.97. The van der Waals surface area contributed by atoms with E-state index in [1.54, 1.807) is 0 Å². The van der Waals surface area contributed by atoms with Crippen molar-refractivity contribution in [2.75, 3.05) is 6.61 Å². The molecule has 0 bridgehead atoms. The van der Waals surface area contributed by atoms with E-state index < -0.39 is 0 Å². The number of rotatable bonds is 5. The topological polar surface area (TPSA) is 32.3 Å². The molecule has 0 saturated carbocycles. The highest BCUT2D eigenvalue weighted by Gasteiger charge is 2.04. The van der Waals surface area contributed by atoms with Crippen LogP contribution in [0.4, 0.5) is 0 Å². The molecule has 0 aromatic rings. The van der Waals surface area contributed by atoms with Gasteiger partial charge in [0.2, 0.25) is 0 Å². The Bertz CT molecular complexity index is 73.7. The Morgan fingerprint density at radius 3 is 2.30 bits per heavy atom. The van der Waals surface area contributed by atoms with Crippen LogP contribution in [0.1, 0.15) is 33.6 Å². The zero-order valence-corrected chi connectivity index (χ0v) is 7.22. The minimum absolute atomic E-state index is 0.290. The fourth-order valence-corrected chi connectivity index (χ4v) is 1.03. The van der Waals surface area contributed by atoms with Crippen molar-refractivity contribution in [3.05, 3.63) is 0 Å². The zero-order valence-electron chi connectivity index (χ0n) is 7.22. The molecule has 0 amide bonds. The van der Waals surface area contributed by atoms with Gasteiger partial charge in [-0.15, -0.1) is 0 Å². The van der Waals surface area contributed by atoms with E-state index in [9.17, 15) is 0 Å². The summed E-state index contributed by atoms with van der Waals surface area (Å²) in [6.45, 7) is 6.67. The number of nitrogens with one attached hydrogen (secondary N) is 1. The standard InChI is InChI=1S/C8H19NO/c1-4-8(5-6-10)9-7(2)3/h7-10H,4-6H2,1-3H3. The summed E-state index contributed by atoms with van der Waals surface area (Å²) in [5, 5.41) is 12.0. The molecule has 2 nitrogen and oxygen atoms in total. The van der Waals surface area contributed by atoms with Crippen LogP contribution in [-0.4, -0.2) is 23.8 Å². The van der Waals surface area contributed by atoms with Gasteiger partial charge in [-0.25, -0.2) is 0 Å². The summed E-state index contributed by atoms with van der Waals surface area (Å²) < 4.78 is 0. The van der Waals surface area contributed by atoms with Crippen LogP contribution in [0.15, 0.2) is 0 Å². The maximum atomic E-state index is 8.64. The van der Waals surface area contributed by atoms with Crippen molar-refractivity contribution in [2.45, 2.75) is 45.7 Å². The van der Waals surface area contributed by atoms with Gasteiger partial charge in [0.15, 0.2) is 0 Å². The Morgan fingerprint density at radius 1 is 1.40 bits per heavy atom. The molecule has 2 heteroatoms. The molecule has 0 fully saturated rings. The van der Waals surface area contributed by atoms with Crippen LogP contribution in [0, 0.1) is 0 Å². The largest absolute Gasteiger partial charge is 0.396 e. The first kappa shape index (κ1) is 9.92. The van der Waals surface area contributed by atoms with Gasteiger partial charge in [0.25, 0.3) is 0 Å². The summed E-state index contributed by atoms with van der Waals surface area (Å²) >= 11 is 0. The fraction of sp³-hybridized carbons (Fsp3) is 1.00. The van der Waals surface area contributed by atoms with Crippen molar-refractivity contribution in [3.63, 3.8) is 0 Å². The lowest BCUT2D eigenvalue weighted by Gasteiger charge is -2.18. The lowest BCUT2D eigenvalue weighted by molar-refractivity contribution is 0.258. The van der Waals surface area contributed by atoms with E-state index in [-0.39, 0.29) is 6.61 Å². The molecule has 1 atom stereocenters. The zero-order chi connectivity index (χ0) is 7.98. The molecule has 0 aromatic heterocycles. The van der Waals surface area contributed by atoms with E-state index in [0.717, 1.165) is 12.8 Å². The van der Waals surface area contributed by atoms with E-state index in [1.165, 1.54) is 0 Å². The van der Waals surface area contributed by atoms with Crippen LogP contribution in [0.25, 0.3) is 0 Å². The third kappa shape index (κ3) is 4.77. The predicted molar refractivity (Wildman–Crippen MR) is 44.1 cm³/mol. The molecule has 0 aliphatic carbocycles. The quantitative estimate of drug-likeness (QED) is 0.608. The first-order valence-corrected chi connectivity index (χ1v) is 4.07. The summed E-state index contributed by atoms with van der Waals surface area (Å²) in [7, 11) is 0. The molecular formula is C8H19NO. The van der Waals surface area contributed by atoms with Crippen molar-refractivity contribution in [2.24, 2.45) is 0 Å². The van der Waals surface area contributed by atoms with E-state index in [4.69, 9.17) is 5.11 Å². The molecule has 0 radical (unpaired) electrons. The molecule has 0 spiro atoms. The van der Waals surface area contributed by atoms with E-state index in [0.29, 0.717) is 12.1 Å². The van der Waals surface area contributed by atoms with Crippen LogP contribution in [-0.2, 0) is 0 Å². The van der Waals surface area contributed by atoms with Gasteiger partial charge in [0.1, 0.15) is 0 Å². The third-order valence-corrected chi connectivity index (χ3v) is 1.54. The van der Waals surface area contributed by atoms with E-state index >= 15 is 0 Å². The molecule has 1 unspecified atom stereocenters. The average molecular weight is 145 g/mol. The summed E-state index contributed by atoms with van der Waals surface area (Å²) in [4.78, 5) is 0. The van der Waals surface area contributed by atoms with Crippen LogP contribution in [0.5, 0.6) is 0 Å². The Balaban J connectivity index is 3.39. The van der Waals surface area contributed by atoms with Gasteiger partial charge in [-0.1, -0.05) is 20.8 Å². The predicted octanol–water partition coefficient (Wildman–Crippen LogP) is 1.15. The highest BCUT2D eigenvalue weighted by atomic mass is 16.3. The van der Waals surface area contributed by atoms with Gasteiger partial charge in [-0.2, -0.15) is 0 Å². The smallest absolute Gasteiger partial charge is 0.0445 e. The summed E-state index contributed by atoms with van der Waals surface area (Å²) in [6, 6.07) is 1.02. The van der Waals surface area contributed by atoms with Crippen molar-refractivity contribution < 1.29 is 5.11 Å². The lowest BCUT2D eigenvalue weighted by atomic mass is 10.1. The molecule has 0 heterocycles. The van der Waals surface area contributed by atoms with Gasteiger partial charge in [-0.05, 0) is 12.8 Å². The molecule has 62 valence electrons. The van der Waals surface area contributed by atoms with Gasteiger partial charge >= 0.3 is 0 Å². The summed E-state index contributed by atoms with van der Waals surface area (Å²) in [5.41, 5.74) is 0. The molecule has 0 aliphatic heterocycles. The molecule has 0 saturated heterocycles. The Hall–Kier alpha value is -0.0800. The number of hydrogen-bond acceptors (Lipinski definition) is 2. The van der Waals surface area contributed by atoms with E-state index in [1.807, 2.05) is 0 Å². The SMILES string of the molecule is CCC(CCO)NC(C)C. The first-order valence-electron chi connectivity index (χ1n) is 4.07.